The van der Waals surface area contributed by atoms with Crippen molar-refractivity contribution in [2.75, 3.05) is 26.3 Å². The van der Waals surface area contributed by atoms with Gasteiger partial charge in [0.2, 0.25) is 0 Å². The molecule has 0 bridgehead atoms. The Balaban J connectivity index is 1.49. The third-order valence-corrected chi connectivity index (χ3v) is 4.84. The zero-order chi connectivity index (χ0) is 14.9. The Morgan fingerprint density at radius 3 is 3.05 bits per heavy atom. The maximum absolute atomic E-state index is 9.90. The van der Waals surface area contributed by atoms with E-state index in [1.54, 1.807) is 11.3 Å². The van der Waals surface area contributed by atoms with E-state index in [4.69, 9.17) is 4.74 Å². The monoisotopic (exact) mass is 309 g/mol. The molecule has 4 heteroatoms. The molecule has 0 spiro atoms. The first-order chi connectivity index (χ1) is 10.3. The molecule has 1 aromatic rings. The minimum absolute atomic E-state index is 0.415. The number of hydrogen-bond acceptors (Lipinski definition) is 4. The summed E-state index contributed by atoms with van der Waals surface area (Å²) in [6, 6.07) is 2.14. The Kier molecular flexibility index (Phi) is 7.44. The van der Waals surface area contributed by atoms with Crippen molar-refractivity contribution in [3.8, 4) is 0 Å². The van der Waals surface area contributed by atoms with Crippen LogP contribution < -0.4 is 5.32 Å². The summed E-state index contributed by atoms with van der Waals surface area (Å²) in [5, 5.41) is 17.5. The van der Waals surface area contributed by atoms with Gasteiger partial charge < -0.3 is 15.2 Å². The Bertz CT molecular complexity index is 405. The lowest BCUT2D eigenvalue weighted by atomic mass is 9.85. The molecule has 0 amide bonds. The molecule has 3 atom stereocenters. The van der Waals surface area contributed by atoms with Crippen LogP contribution in [0.2, 0.25) is 0 Å². The van der Waals surface area contributed by atoms with Crippen molar-refractivity contribution in [2.45, 2.75) is 32.3 Å². The second kappa shape index (κ2) is 9.36. The number of hydrogen-bond donors (Lipinski definition) is 2. The lowest BCUT2D eigenvalue weighted by Crippen LogP contribution is -2.32. The predicted octanol–water partition coefficient (Wildman–Crippen LogP) is 2.86. The van der Waals surface area contributed by atoms with Gasteiger partial charge in [-0.15, -0.1) is 0 Å². The van der Waals surface area contributed by atoms with Gasteiger partial charge in [-0.05, 0) is 60.0 Å². The molecule has 0 saturated carbocycles. The molecule has 0 fully saturated rings. The molecule has 1 aliphatic carbocycles. The molecule has 3 nitrogen and oxygen atoms in total. The van der Waals surface area contributed by atoms with Crippen molar-refractivity contribution in [3.63, 3.8) is 0 Å². The summed E-state index contributed by atoms with van der Waals surface area (Å²) in [5.74, 6) is 1.30. The molecule has 0 aliphatic heterocycles. The quantitative estimate of drug-likeness (QED) is 0.544. The number of nitrogens with one attached hydrogen (secondary N) is 1. The summed E-state index contributed by atoms with van der Waals surface area (Å²) >= 11 is 1.73. The van der Waals surface area contributed by atoms with Crippen LogP contribution in [0.3, 0.4) is 0 Å². The Morgan fingerprint density at radius 1 is 1.43 bits per heavy atom. The second-order valence-electron chi connectivity index (χ2n) is 5.96. The highest BCUT2D eigenvalue weighted by Gasteiger charge is 2.18. The summed E-state index contributed by atoms with van der Waals surface area (Å²) < 4.78 is 5.69. The molecule has 118 valence electrons. The fraction of sp³-hybridized carbons (Fsp3) is 0.647. The van der Waals surface area contributed by atoms with Crippen molar-refractivity contribution in [2.24, 2.45) is 11.8 Å². The van der Waals surface area contributed by atoms with E-state index in [0.717, 1.165) is 32.4 Å². The fourth-order valence-corrected chi connectivity index (χ4v) is 3.29. The topological polar surface area (TPSA) is 41.5 Å². The number of ether oxygens (including phenoxy) is 1. The average Bonchev–Trinajstić information content (AvgIpc) is 2.99. The van der Waals surface area contributed by atoms with E-state index in [2.05, 4.69) is 41.2 Å². The van der Waals surface area contributed by atoms with Gasteiger partial charge in [0, 0.05) is 6.54 Å². The van der Waals surface area contributed by atoms with Gasteiger partial charge in [-0.1, -0.05) is 19.1 Å². The van der Waals surface area contributed by atoms with Gasteiger partial charge in [-0.3, -0.25) is 0 Å². The standard InChI is InChI=1S/C17H27NO2S/c1-14-4-2-3-5-16(14)11-20-12-17(19)10-18-8-6-15-7-9-21-13-15/h2-3,7,9,13-14,16-19H,4-6,8,10-12H2,1H3. The van der Waals surface area contributed by atoms with E-state index in [1.165, 1.54) is 5.56 Å². The SMILES string of the molecule is CC1CC=CCC1COCC(O)CNCCc1ccsc1. The minimum atomic E-state index is -0.415. The van der Waals surface area contributed by atoms with E-state index < -0.39 is 6.10 Å². The van der Waals surface area contributed by atoms with Gasteiger partial charge in [0.1, 0.15) is 0 Å². The van der Waals surface area contributed by atoms with Crippen LogP contribution >= 0.6 is 11.3 Å². The lowest BCUT2D eigenvalue weighted by Gasteiger charge is -2.25. The zero-order valence-corrected chi connectivity index (χ0v) is 13.6. The van der Waals surface area contributed by atoms with Crippen molar-refractivity contribution < 1.29 is 9.84 Å². The first-order valence-corrected chi connectivity index (χ1v) is 8.82. The van der Waals surface area contributed by atoms with E-state index >= 15 is 0 Å². The van der Waals surface area contributed by atoms with Crippen LogP contribution in [0.25, 0.3) is 0 Å². The third kappa shape index (κ3) is 6.30. The number of thiophene rings is 1. The highest BCUT2D eigenvalue weighted by Crippen LogP contribution is 2.24. The highest BCUT2D eigenvalue weighted by atomic mass is 32.1. The van der Waals surface area contributed by atoms with Crippen LogP contribution in [0, 0.1) is 11.8 Å². The van der Waals surface area contributed by atoms with Crippen LogP contribution in [-0.2, 0) is 11.2 Å². The summed E-state index contributed by atoms with van der Waals surface area (Å²) in [7, 11) is 0. The van der Waals surface area contributed by atoms with Crippen LogP contribution in [0.1, 0.15) is 25.3 Å². The van der Waals surface area contributed by atoms with Gasteiger partial charge in [0.05, 0.1) is 19.3 Å². The van der Waals surface area contributed by atoms with Gasteiger partial charge in [0.15, 0.2) is 0 Å². The highest BCUT2D eigenvalue weighted by molar-refractivity contribution is 7.07. The Morgan fingerprint density at radius 2 is 2.29 bits per heavy atom. The van der Waals surface area contributed by atoms with Crippen molar-refractivity contribution >= 4 is 11.3 Å². The first-order valence-electron chi connectivity index (χ1n) is 7.88. The number of allylic oxidation sites excluding steroid dienone is 2. The fourth-order valence-electron chi connectivity index (χ4n) is 2.59. The van der Waals surface area contributed by atoms with Crippen molar-refractivity contribution in [3.05, 3.63) is 34.5 Å². The lowest BCUT2D eigenvalue weighted by molar-refractivity contribution is 0.0130. The molecule has 1 aliphatic rings. The van der Waals surface area contributed by atoms with Crippen LogP contribution in [0.4, 0.5) is 0 Å². The zero-order valence-electron chi connectivity index (χ0n) is 12.8. The summed E-state index contributed by atoms with van der Waals surface area (Å²) in [6.45, 7) is 4.97. The largest absolute Gasteiger partial charge is 0.389 e. The molecular weight excluding hydrogens is 282 g/mol. The molecule has 21 heavy (non-hydrogen) atoms. The van der Waals surface area contributed by atoms with E-state index in [-0.39, 0.29) is 0 Å². The van der Waals surface area contributed by atoms with E-state index in [1.807, 2.05) is 0 Å². The van der Waals surface area contributed by atoms with Crippen LogP contribution in [0.5, 0.6) is 0 Å². The predicted molar refractivity (Wildman–Crippen MR) is 88.7 cm³/mol. The molecule has 1 aromatic heterocycles. The molecule has 2 N–H and O–H groups in total. The van der Waals surface area contributed by atoms with E-state index in [0.29, 0.717) is 25.0 Å². The van der Waals surface area contributed by atoms with Crippen LogP contribution in [-0.4, -0.2) is 37.5 Å². The summed E-state index contributed by atoms with van der Waals surface area (Å²) in [6.07, 6.45) is 7.37. The smallest absolute Gasteiger partial charge is 0.0897 e. The molecule has 1 heterocycles. The maximum atomic E-state index is 9.90. The number of aliphatic hydroxyl groups is 1. The Labute approximate surface area is 132 Å². The maximum Gasteiger partial charge on any atom is 0.0897 e. The van der Waals surface area contributed by atoms with Crippen LogP contribution in [0.15, 0.2) is 29.0 Å². The van der Waals surface area contributed by atoms with Crippen molar-refractivity contribution in [1.29, 1.82) is 0 Å². The van der Waals surface area contributed by atoms with E-state index in [9.17, 15) is 5.11 Å². The summed E-state index contributed by atoms with van der Waals surface area (Å²) in [4.78, 5) is 0. The molecule has 2 rings (SSSR count). The summed E-state index contributed by atoms with van der Waals surface area (Å²) in [5.41, 5.74) is 1.36. The van der Waals surface area contributed by atoms with Gasteiger partial charge in [-0.2, -0.15) is 11.3 Å². The third-order valence-electron chi connectivity index (χ3n) is 4.11. The average molecular weight is 309 g/mol. The molecular formula is C17H27NO2S. The minimum Gasteiger partial charge on any atom is -0.389 e. The molecule has 3 unspecified atom stereocenters. The van der Waals surface area contributed by atoms with Crippen molar-refractivity contribution in [1.82, 2.24) is 5.32 Å². The van der Waals surface area contributed by atoms with Gasteiger partial charge >= 0.3 is 0 Å². The second-order valence-corrected chi connectivity index (χ2v) is 6.74. The van der Waals surface area contributed by atoms with Gasteiger partial charge in [0.25, 0.3) is 0 Å². The number of aliphatic hydroxyl groups excluding tert-OH is 1. The normalized spacial score (nSPS) is 23.3. The molecule has 0 aromatic carbocycles. The number of rotatable bonds is 9. The Hall–Kier alpha value is -0.680. The first kappa shape index (κ1) is 16.7. The molecule has 0 saturated heterocycles. The molecule has 0 radical (unpaired) electrons. The van der Waals surface area contributed by atoms with Gasteiger partial charge in [-0.25, -0.2) is 0 Å².